The Morgan fingerprint density at radius 1 is 1.07 bits per heavy atom. The maximum atomic E-state index is 5.75. The first kappa shape index (κ1) is 12.3. The Hall–Kier alpha value is 0.210. The molecule has 1 aliphatic rings. The Bertz CT molecular complexity index is 124. The fraction of sp³-hybridized carbons (Fsp3) is 1.00. The lowest BCUT2D eigenvalue weighted by atomic mass is 10.1. The molecular formula is C11H21ClO2. The molecule has 0 amide bonds. The minimum Gasteiger partial charge on any atom is -0.381 e. The Labute approximate surface area is 91.9 Å². The van der Waals surface area contributed by atoms with Gasteiger partial charge in [0.2, 0.25) is 0 Å². The third-order valence-corrected chi connectivity index (χ3v) is 2.82. The molecule has 0 radical (unpaired) electrons. The fourth-order valence-corrected chi connectivity index (χ4v) is 1.83. The second-order valence-corrected chi connectivity index (χ2v) is 4.16. The van der Waals surface area contributed by atoms with Crippen LogP contribution in [-0.4, -0.2) is 31.8 Å². The fourth-order valence-electron chi connectivity index (χ4n) is 1.64. The molecule has 1 rings (SSSR count). The van der Waals surface area contributed by atoms with Crippen molar-refractivity contribution in [1.29, 1.82) is 0 Å². The third-order valence-electron chi connectivity index (χ3n) is 2.55. The Morgan fingerprint density at radius 2 is 1.79 bits per heavy atom. The summed E-state index contributed by atoms with van der Waals surface area (Å²) < 4.78 is 11.0. The predicted octanol–water partition coefficient (Wildman–Crippen LogP) is 2.98. The van der Waals surface area contributed by atoms with Crippen LogP contribution in [0.2, 0.25) is 0 Å². The van der Waals surface area contributed by atoms with Crippen LogP contribution < -0.4 is 0 Å². The van der Waals surface area contributed by atoms with Crippen LogP contribution >= 0.6 is 11.6 Å². The molecule has 14 heavy (non-hydrogen) atoms. The maximum Gasteiger partial charge on any atom is 0.0619 e. The second kappa shape index (κ2) is 8.51. The molecule has 0 aromatic carbocycles. The molecule has 0 aromatic heterocycles. The van der Waals surface area contributed by atoms with E-state index < -0.39 is 0 Å². The van der Waals surface area contributed by atoms with Crippen LogP contribution in [-0.2, 0) is 9.47 Å². The first-order valence-corrected chi connectivity index (χ1v) is 6.22. The van der Waals surface area contributed by atoms with E-state index in [0.29, 0.717) is 6.10 Å². The average Bonchev–Trinajstić information content (AvgIpc) is 2.25. The summed E-state index contributed by atoms with van der Waals surface area (Å²) in [7, 11) is 0. The van der Waals surface area contributed by atoms with Gasteiger partial charge in [0.25, 0.3) is 0 Å². The van der Waals surface area contributed by atoms with Gasteiger partial charge in [0, 0.05) is 25.7 Å². The van der Waals surface area contributed by atoms with Crippen molar-refractivity contribution in [3.05, 3.63) is 0 Å². The number of unbranched alkanes of at least 4 members (excludes halogenated alkanes) is 3. The van der Waals surface area contributed by atoms with E-state index in [2.05, 4.69) is 0 Å². The summed E-state index contributed by atoms with van der Waals surface area (Å²) in [6.45, 7) is 2.65. The number of halogens is 1. The van der Waals surface area contributed by atoms with Crippen molar-refractivity contribution in [3.63, 3.8) is 0 Å². The monoisotopic (exact) mass is 220 g/mol. The van der Waals surface area contributed by atoms with Gasteiger partial charge in [0.05, 0.1) is 6.10 Å². The van der Waals surface area contributed by atoms with Gasteiger partial charge < -0.3 is 9.47 Å². The topological polar surface area (TPSA) is 18.5 Å². The van der Waals surface area contributed by atoms with Crippen LogP contribution in [0.25, 0.3) is 0 Å². The zero-order valence-corrected chi connectivity index (χ0v) is 9.60. The summed E-state index contributed by atoms with van der Waals surface area (Å²) in [5.74, 6) is 0.792. The highest BCUT2D eigenvalue weighted by Gasteiger charge is 2.13. The van der Waals surface area contributed by atoms with Gasteiger partial charge in [-0.2, -0.15) is 0 Å². The van der Waals surface area contributed by atoms with Gasteiger partial charge >= 0.3 is 0 Å². The summed E-state index contributed by atoms with van der Waals surface area (Å²) in [5.41, 5.74) is 0. The molecule has 0 aromatic rings. The summed E-state index contributed by atoms with van der Waals surface area (Å²) >= 11 is 5.59. The lowest BCUT2D eigenvalue weighted by molar-refractivity contribution is -0.0327. The first-order chi connectivity index (χ1) is 6.93. The van der Waals surface area contributed by atoms with E-state index in [9.17, 15) is 0 Å². The van der Waals surface area contributed by atoms with Gasteiger partial charge in [-0.1, -0.05) is 12.8 Å². The van der Waals surface area contributed by atoms with E-state index in [1.54, 1.807) is 0 Å². The highest BCUT2D eigenvalue weighted by molar-refractivity contribution is 6.17. The molecule has 1 aliphatic heterocycles. The van der Waals surface area contributed by atoms with Crippen molar-refractivity contribution in [2.24, 2.45) is 0 Å². The number of alkyl halides is 1. The van der Waals surface area contributed by atoms with Crippen LogP contribution in [0.1, 0.15) is 38.5 Å². The summed E-state index contributed by atoms with van der Waals surface area (Å²) in [6, 6.07) is 0. The van der Waals surface area contributed by atoms with E-state index in [1.807, 2.05) is 0 Å². The Kier molecular flexibility index (Phi) is 7.47. The number of hydrogen-bond acceptors (Lipinski definition) is 2. The molecule has 0 saturated carbocycles. The van der Waals surface area contributed by atoms with E-state index in [0.717, 1.165) is 45.0 Å². The molecular weight excluding hydrogens is 200 g/mol. The van der Waals surface area contributed by atoms with Crippen LogP contribution in [0.4, 0.5) is 0 Å². The average molecular weight is 221 g/mol. The van der Waals surface area contributed by atoms with E-state index in [-0.39, 0.29) is 0 Å². The highest BCUT2D eigenvalue weighted by Crippen LogP contribution is 2.11. The first-order valence-electron chi connectivity index (χ1n) is 5.69. The lowest BCUT2D eigenvalue weighted by Crippen LogP contribution is -2.23. The van der Waals surface area contributed by atoms with Gasteiger partial charge in [-0.3, -0.25) is 0 Å². The van der Waals surface area contributed by atoms with Crippen LogP contribution in [0.15, 0.2) is 0 Å². The van der Waals surface area contributed by atoms with Gasteiger partial charge in [-0.05, 0) is 25.7 Å². The molecule has 84 valence electrons. The highest BCUT2D eigenvalue weighted by atomic mass is 35.5. The molecule has 0 atom stereocenters. The van der Waals surface area contributed by atoms with Gasteiger partial charge in [-0.25, -0.2) is 0 Å². The molecule has 1 fully saturated rings. The van der Waals surface area contributed by atoms with Crippen molar-refractivity contribution < 1.29 is 9.47 Å². The SMILES string of the molecule is ClCCCCCCOC1CCOCC1. The predicted molar refractivity (Wildman–Crippen MR) is 59.0 cm³/mol. The van der Waals surface area contributed by atoms with Crippen molar-refractivity contribution in [3.8, 4) is 0 Å². The summed E-state index contributed by atoms with van der Waals surface area (Å²) in [4.78, 5) is 0. The zero-order chi connectivity index (χ0) is 10.1. The number of ether oxygens (including phenoxy) is 2. The van der Waals surface area contributed by atoms with Gasteiger partial charge in [0.1, 0.15) is 0 Å². The maximum absolute atomic E-state index is 5.75. The number of rotatable bonds is 7. The van der Waals surface area contributed by atoms with E-state index >= 15 is 0 Å². The molecule has 0 bridgehead atoms. The van der Waals surface area contributed by atoms with Gasteiger partial charge in [-0.15, -0.1) is 11.6 Å². The molecule has 1 heterocycles. The molecule has 0 aliphatic carbocycles. The van der Waals surface area contributed by atoms with Crippen molar-refractivity contribution in [2.45, 2.75) is 44.6 Å². The zero-order valence-electron chi connectivity index (χ0n) is 8.84. The molecule has 0 N–H and O–H groups in total. The summed E-state index contributed by atoms with van der Waals surface area (Å²) in [5, 5.41) is 0. The quantitative estimate of drug-likeness (QED) is 0.485. The van der Waals surface area contributed by atoms with Gasteiger partial charge in [0.15, 0.2) is 0 Å². The lowest BCUT2D eigenvalue weighted by Gasteiger charge is -2.22. The molecule has 1 saturated heterocycles. The molecule has 2 nitrogen and oxygen atoms in total. The van der Waals surface area contributed by atoms with Crippen molar-refractivity contribution >= 4 is 11.6 Å². The standard InChI is InChI=1S/C11H21ClO2/c12-7-3-1-2-4-8-14-11-5-9-13-10-6-11/h11H,1-10H2. The largest absolute Gasteiger partial charge is 0.381 e. The Morgan fingerprint density at radius 3 is 2.50 bits per heavy atom. The minimum atomic E-state index is 0.455. The molecule has 0 spiro atoms. The van der Waals surface area contributed by atoms with E-state index in [1.165, 1.54) is 19.3 Å². The normalized spacial score (nSPS) is 18.6. The van der Waals surface area contributed by atoms with Crippen LogP contribution in [0.3, 0.4) is 0 Å². The van der Waals surface area contributed by atoms with Crippen LogP contribution in [0, 0.1) is 0 Å². The second-order valence-electron chi connectivity index (χ2n) is 3.79. The van der Waals surface area contributed by atoms with E-state index in [4.69, 9.17) is 21.1 Å². The minimum absolute atomic E-state index is 0.455. The van der Waals surface area contributed by atoms with Crippen molar-refractivity contribution in [1.82, 2.24) is 0 Å². The van der Waals surface area contributed by atoms with Crippen molar-refractivity contribution in [2.75, 3.05) is 25.7 Å². The van der Waals surface area contributed by atoms with Crippen LogP contribution in [0.5, 0.6) is 0 Å². The molecule has 3 heteroatoms. The number of hydrogen-bond donors (Lipinski definition) is 0. The molecule has 0 unspecified atom stereocenters. The Balaban J connectivity index is 1.82. The summed E-state index contributed by atoms with van der Waals surface area (Å²) in [6.07, 6.45) is 7.39. The smallest absolute Gasteiger partial charge is 0.0619 e. The third kappa shape index (κ3) is 5.84.